The molecule has 4 heterocycles. The van der Waals surface area contributed by atoms with Crippen molar-refractivity contribution in [2.24, 2.45) is 0 Å². The molecule has 2 saturated heterocycles. The third kappa shape index (κ3) is 4.99. The average molecular weight is 518 g/mol. The van der Waals surface area contributed by atoms with E-state index in [1.54, 1.807) is 10.9 Å². The first kappa shape index (κ1) is 24.9. The van der Waals surface area contributed by atoms with Crippen molar-refractivity contribution in [3.8, 4) is 5.75 Å². The summed E-state index contributed by atoms with van der Waals surface area (Å²) in [6.07, 6.45) is 7.97. The molecule has 0 radical (unpaired) electrons. The first-order chi connectivity index (χ1) is 18.4. The van der Waals surface area contributed by atoms with Crippen LogP contribution in [-0.2, 0) is 28.9 Å². The molecule has 0 bridgehead atoms. The van der Waals surface area contributed by atoms with Crippen LogP contribution in [0.4, 0.5) is 0 Å². The summed E-state index contributed by atoms with van der Waals surface area (Å²) in [5.74, 6) is 0.840. The molecule has 2 aliphatic heterocycles. The average Bonchev–Trinajstić information content (AvgIpc) is 3.52. The Kier molecular flexibility index (Phi) is 6.78. The fraction of sp³-hybridized carbons (Fsp3) is 0.517. The van der Waals surface area contributed by atoms with Gasteiger partial charge in [-0.15, -0.1) is 0 Å². The lowest BCUT2D eigenvalue weighted by Crippen LogP contribution is -2.48. The topological polar surface area (TPSA) is 89.8 Å². The second kappa shape index (κ2) is 10.4. The molecule has 0 unspecified atom stereocenters. The molecule has 3 aliphatic rings. The summed E-state index contributed by atoms with van der Waals surface area (Å²) in [6.45, 7) is 6.59. The van der Waals surface area contributed by atoms with Gasteiger partial charge in [0, 0.05) is 68.1 Å². The third-order valence-electron chi connectivity index (χ3n) is 7.91. The highest BCUT2D eigenvalue weighted by molar-refractivity contribution is 5.94. The van der Waals surface area contributed by atoms with Crippen LogP contribution in [0.25, 0.3) is 10.8 Å². The zero-order valence-corrected chi connectivity index (χ0v) is 22.1. The number of amides is 2. The molecular weight excluding hydrogens is 482 g/mol. The van der Waals surface area contributed by atoms with Gasteiger partial charge in [0.2, 0.25) is 5.91 Å². The normalized spacial score (nSPS) is 22.1. The largest absolute Gasteiger partial charge is 0.490 e. The van der Waals surface area contributed by atoms with E-state index < -0.39 is 0 Å². The zero-order chi connectivity index (χ0) is 26.2. The molecule has 9 heteroatoms. The maximum atomic E-state index is 13.4. The molecular formula is C29H35N5O4. The number of benzene rings is 1. The van der Waals surface area contributed by atoms with Gasteiger partial charge < -0.3 is 19.3 Å². The van der Waals surface area contributed by atoms with Crippen LogP contribution in [0.5, 0.6) is 5.75 Å². The van der Waals surface area contributed by atoms with Crippen LogP contribution in [0.2, 0.25) is 0 Å². The minimum Gasteiger partial charge on any atom is -0.490 e. The molecule has 2 amide bonds. The summed E-state index contributed by atoms with van der Waals surface area (Å²) in [5, 5.41) is 6.89. The molecule has 1 aromatic carbocycles. The third-order valence-corrected chi connectivity index (χ3v) is 7.91. The Labute approximate surface area is 222 Å². The molecule has 1 aliphatic carbocycles. The number of morpholine rings is 1. The fourth-order valence-electron chi connectivity index (χ4n) is 6.09. The molecule has 0 saturated carbocycles. The SMILES string of the molecule is C[C@@H]1CN(C(=O)c2nn(CC(=O)N3CCC(Oc4ccc5ccncc5c4)CC3)c3c2CCC3)C[C@H](C)O1. The number of ether oxygens (including phenoxy) is 2. The number of carbonyl (C=O) groups is 2. The van der Waals surface area contributed by atoms with Crippen molar-refractivity contribution in [3.63, 3.8) is 0 Å². The molecule has 2 fully saturated rings. The monoisotopic (exact) mass is 517 g/mol. The molecule has 2 atom stereocenters. The van der Waals surface area contributed by atoms with E-state index in [0.29, 0.717) is 31.9 Å². The number of aromatic nitrogens is 3. The Morgan fingerprint density at radius 2 is 1.82 bits per heavy atom. The van der Waals surface area contributed by atoms with E-state index in [4.69, 9.17) is 14.6 Å². The van der Waals surface area contributed by atoms with Crippen molar-refractivity contribution < 1.29 is 19.1 Å². The number of carbonyl (C=O) groups excluding carboxylic acids is 2. The van der Waals surface area contributed by atoms with E-state index in [2.05, 4.69) is 4.98 Å². The summed E-state index contributed by atoms with van der Waals surface area (Å²) < 4.78 is 13.8. The summed E-state index contributed by atoms with van der Waals surface area (Å²) in [5.41, 5.74) is 2.58. The van der Waals surface area contributed by atoms with Gasteiger partial charge in [0.15, 0.2) is 5.69 Å². The standard InChI is InChI=1S/C29H35N5O4/c1-19-16-33(17-20(2)37-19)29(36)28-25-4-3-5-26(25)34(31-28)18-27(35)32-12-9-23(10-13-32)38-24-7-6-21-8-11-30-15-22(21)14-24/h6-8,11,14-15,19-20,23H,3-5,9-10,12-13,16-18H2,1-2H3/t19-,20+. The van der Waals surface area contributed by atoms with E-state index >= 15 is 0 Å². The van der Waals surface area contributed by atoms with Gasteiger partial charge in [0.1, 0.15) is 18.4 Å². The van der Waals surface area contributed by atoms with Crippen molar-refractivity contribution >= 4 is 22.6 Å². The number of rotatable bonds is 5. The van der Waals surface area contributed by atoms with E-state index in [9.17, 15) is 9.59 Å². The van der Waals surface area contributed by atoms with Crippen molar-refractivity contribution in [1.82, 2.24) is 24.6 Å². The van der Waals surface area contributed by atoms with Gasteiger partial charge >= 0.3 is 0 Å². The molecule has 38 heavy (non-hydrogen) atoms. The fourth-order valence-corrected chi connectivity index (χ4v) is 6.09. The molecule has 9 nitrogen and oxygen atoms in total. The Bertz CT molecular complexity index is 1340. The number of piperidine rings is 1. The van der Waals surface area contributed by atoms with Crippen LogP contribution in [0.1, 0.15) is 54.9 Å². The van der Waals surface area contributed by atoms with Crippen LogP contribution in [0.3, 0.4) is 0 Å². The van der Waals surface area contributed by atoms with Gasteiger partial charge in [-0.1, -0.05) is 6.07 Å². The Hall–Kier alpha value is -3.46. The van der Waals surface area contributed by atoms with Gasteiger partial charge in [-0.3, -0.25) is 19.3 Å². The van der Waals surface area contributed by atoms with Crippen LogP contribution in [0, 0.1) is 0 Å². The molecule has 2 aromatic heterocycles. The minimum atomic E-state index is -0.0428. The maximum Gasteiger partial charge on any atom is 0.274 e. The maximum absolute atomic E-state index is 13.4. The second-order valence-electron chi connectivity index (χ2n) is 10.8. The van der Waals surface area contributed by atoms with Gasteiger partial charge in [-0.25, -0.2) is 0 Å². The predicted molar refractivity (Wildman–Crippen MR) is 142 cm³/mol. The lowest BCUT2D eigenvalue weighted by atomic mass is 10.1. The molecule has 0 spiro atoms. The van der Waals surface area contributed by atoms with Crippen molar-refractivity contribution in [1.29, 1.82) is 0 Å². The van der Waals surface area contributed by atoms with E-state index in [-0.39, 0.29) is 36.7 Å². The Morgan fingerprint density at radius 3 is 2.61 bits per heavy atom. The first-order valence-corrected chi connectivity index (χ1v) is 13.8. The van der Waals surface area contributed by atoms with E-state index in [0.717, 1.165) is 59.9 Å². The summed E-state index contributed by atoms with van der Waals surface area (Å²) >= 11 is 0. The Morgan fingerprint density at radius 1 is 1.03 bits per heavy atom. The number of pyridine rings is 1. The highest BCUT2D eigenvalue weighted by Crippen LogP contribution is 2.28. The Balaban J connectivity index is 1.08. The molecule has 3 aromatic rings. The van der Waals surface area contributed by atoms with Crippen molar-refractivity contribution in [2.75, 3.05) is 26.2 Å². The number of hydrogen-bond acceptors (Lipinski definition) is 6. The number of nitrogens with zero attached hydrogens (tertiary/aromatic N) is 5. The molecule has 6 rings (SSSR count). The van der Waals surface area contributed by atoms with Gasteiger partial charge in [0.05, 0.1) is 12.2 Å². The second-order valence-corrected chi connectivity index (χ2v) is 10.8. The highest BCUT2D eigenvalue weighted by Gasteiger charge is 2.33. The minimum absolute atomic E-state index is 0.00423. The summed E-state index contributed by atoms with van der Waals surface area (Å²) in [7, 11) is 0. The van der Waals surface area contributed by atoms with E-state index in [1.165, 1.54) is 0 Å². The first-order valence-electron chi connectivity index (χ1n) is 13.8. The number of likely N-dealkylation sites (tertiary alicyclic amines) is 1. The van der Waals surface area contributed by atoms with Crippen LogP contribution < -0.4 is 4.74 Å². The van der Waals surface area contributed by atoms with Crippen LogP contribution in [0.15, 0.2) is 36.7 Å². The number of fused-ring (bicyclic) bond motifs is 2. The summed E-state index contributed by atoms with van der Waals surface area (Å²) in [4.78, 5) is 34.6. The lowest BCUT2D eigenvalue weighted by molar-refractivity contribution is -0.133. The van der Waals surface area contributed by atoms with E-state index in [1.807, 2.05) is 54.1 Å². The quantitative estimate of drug-likeness (QED) is 0.516. The highest BCUT2D eigenvalue weighted by atomic mass is 16.5. The van der Waals surface area contributed by atoms with Gasteiger partial charge in [-0.05, 0) is 56.7 Å². The van der Waals surface area contributed by atoms with Gasteiger partial charge in [-0.2, -0.15) is 5.10 Å². The summed E-state index contributed by atoms with van der Waals surface area (Å²) in [6, 6.07) is 8.05. The molecule has 0 N–H and O–H groups in total. The van der Waals surface area contributed by atoms with Crippen molar-refractivity contribution in [3.05, 3.63) is 53.6 Å². The predicted octanol–water partition coefficient (Wildman–Crippen LogP) is 3.24. The molecule has 200 valence electrons. The smallest absolute Gasteiger partial charge is 0.274 e. The van der Waals surface area contributed by atoms with Gasteiger partial charge in [0.25, 0.3) is 5.91 Å². The van der Waals surface area contributed by atoms with Crippen molar-refractivity contribution in [2.45, 2.75) is 70.8 Å². The lowest BCUT2D eigenvalue weighted by Gasteiger charge is -2.35. The number of hydrogen-bond donors (Lipinski definition) is 0. The van der Waals surface area contributed by atoms with Crippen LogP contribution in [-0.4, -0.2) is 80.9 Å². The van der Waals surface area contributed by atoms with Crippen LogP contribution >= 0.6 is 0 Å². The zero-order valence-electron chi connectivity index (χ0n) is 22.1.